The monoisotopic (exact) mass is 959 g/mol. The van der Waals surface area contributed by atoms with Crippen LogP contribution in [0, 0.1) is 17.8 Å². The Labute approximate surface area is 392 Å². The number of anilines is 1. The summed E-state index contributed by atoms with van der Waals surface area (Å²) >= 11 is 6.53. The van der Waals surface area contributed by atoms with Crippen molar-refractivity contribution < 1.29 is 40.0 Å². The lowest BCUT2D eigenvalue weighted by Gasteiger charge is -2.53. The quantitative estimate of drug-likeness (QED) is 0.270. The third kappa shape index (κ3) is 11.4. The van der Waals surface area contributed by atoms with Gasteiger partial charge in [0.2, 0.25) is 10.0 Å². The summed E-state index contributed by atoms with van der Waals surface area (Å²) in [6.45, 7) is 12.1. The van der Waals surface area contributed by atoms with Crippen LogP contribution in [0.1, 0.15) is 86.2 Å². The molecule has 17 heteroatoms. The molecular formula is C48H70ClN5O9S2. The number of fused-ring (bicyclic) bond motifs is 5. The molecule has 7 atom stereocenters. The van der Waals surface area contributed by atoms with Crippen LogP contribution in [0.3, 0.4) is 0 Å². The van der Waals surface area contributed by atoms with Crippen LogP contribution in [0.2, 0.25) is 5.02 Å². The van der Waals surface area contributed by atoms with Gasteiger partial charge < -0.3 is 24.4 Å². The van der Waals surface area contributed by atoms with Crippen molar-refractivity contribution in [3.8, 4) is 5.75 Å². The van der Waals surface area contributed by atoms with Gasteiger partial charge in [0.1, 0.15) is 11.4 Å². The van der Waals surface area contributed by atoms with E-state index in [1.54, 1.807) is 18.2 Å². The number of rotatable bonds is 7. The Balaban J connectivity index is 0.000000888. The molecule has 4 fully saturated rings. The van der Waals surface area contributed by atoms with Crippen LogP contribution in [0.15, 0.2) is 48.6 Å². The molecule has 2 bridgehead atoms. The molecule has 0 aromatic heterocycles. The number of sulfonamides is 1. The van der Waals surface area contributed by atoms with Gasteiger partial charge in [-0.2, -0.15) is 8.42 Å². The molecule has 2 aromatic rings. The molecule has 2 aromatic carbocycles. The first-order chi connectivity index (χ1) is 31.2. The molecule has 1 amide bonds. The fourth-order valence-electron chi connectivity index (χ4n) is 11.7. The molecule has 5 heterocycles. The number of nitrogens with one attached hydrogen (secondary N) is 2. The number of allylic oxidation sites excluding steroid dienone is 1. The zero-order valence-corrected chi connectivity index (χ0v) is 40.9. The van der Waals surface area contributed by atoms with Gasteiger partial charge in [-0.25, -0.2) is 13.1 Å². The SMILES string of the molecule is C1COCCN1.CO[C@]1(CN2CCN3CCCC[C@@H]3C2)/C=C/C[C@H](C)[C@@H](CCOS(C)(=O)=O)S(=O)(=O)NC(=O)c2ccc3c(c2)N(C[C@@H]2CC[C@H]21)C[C@@]1(CCCc2cc(Cl)ccc21)CO3. The molecule has 3 saturated heterocycles. The Kier molecular flexibility index (Phi) is 15.6. The van der Waals surface area contributed by atoms with Gasteiger partial charge in [0.05, 0.1) is 43.6 Å². The normalized spacial score (nSPS) is 32.5. The van der Waals surface area contributed by atoms with Gasteiger partial charge in [-0.15, -0.1) is 0 Å². The first-order valence-electron chi connectivity index (χ1n) is 23.9. The van der Waals surface area contributed by atoms with Gasteiger partial charge >= 0.3 is 0 Å². The van der Waals surface area contributed by atoms with Crippen LogP contribution in [0.5, 0.6) is 5.75 Å². The van der Waals surface area contributed by atoms with Crippen LogP contribution >= 0.6 is 11.6 Å². The number of morpholine rings is 1. The van der Waals surface area contributed by atoms with Crippen molar-refractivity contribution in [2.24, 2.45) is 17.8 Å². The van der Waals surface area contributed by atoms with Crippen LogP contribution in [-0.4, -0.2) is 148 Å². The maximum absolute atomic E-state index is 14.2. The lowest BCUT2D eigenvalue weighted by atomic mass is 9.63. The van der Waals surface area contributed by atoms with E-state index in [-0.39, 0.29) is 35.8 Å². The highest BCUT2D eigenvalue weighted by Gasteiger charge is 2.50. The second-order valence-corrected chi connectivity index (χ2v) is 23.6. The van der Waals surface area contributed by atoms with E-state index in [4.69, 9.17) is 30.0 Å². The third-order valence-corrected chi connectivity index (χ3v) is 18.1. The third-order valence-electron chi connectivity index (χ3n) is 15.3. The second kappa shape index (κ2) is 20.8. The fourth-order valence-corrected chi connectivity index (χ4v) is 14.0. The Bertz CT molecular complexity index is 2230. The Morgan fingerprint density at radius 2 is 1.83 bits per heavy atom. The van der Waals surface area contributed by atoms with Crippen LogP contribution in [0.4, 0.5) is 5.69 Å². The Morgan fingerprint density at radius 3 is 2.55 bits per heavy atom. The highest BCUT2D eigenvalue weighted by atomic mass is 35.5. The smallest absolute Gasteiger partial charge is 0.264 e. The number of ether oxygens (including phenoxy) is 3. The van der Waals surface area contributed by atoms with Crippen LogP contribution in [0.25, 0.3) is 0 Å². The van der Waals surface area contributed by atoms with E-state index in [9.17, 15) is 21.6 Å². The van der Waals surface area contributed by atoms with Crippen LogP contribution in [-0.2, 0) is 45.6 Å². The summed E-state index contributed by atoms with van der Waals surface area (Å²) in [4.78, 5) is 21.6. The van der Waals surface area contributed by atoms with Crippen molar-refractivity contribution in [3.63, 3.8) is 0 Å². The molecule has 9 rings (SSSR count). The fraction of sp³-hybridized carbons (Fsp3) is 0.688. The van der Waals surface area contributed by atoms with E-state index in [2.05, 4.69) is 49.0 Å². The maximum atomic E-state index is 14.2. The van der Waals surface area contributed by atoms with Crippen molar-refractivity contribution in [1.82, 2.24) is 19.8 Å². The number of hydrogen-bond donors (Lipinski definition) is 2. The summed E-state index contributed by atoms with van der Waals surface area (Å²) in [6, 6.07) is 12.0. The number of hydrogen-bond acceptors (Lipinski definition) is 13. The predicted octanol–water partition coefficient (Wildman–Crippen LogP) is 5.39. The van der Waals surface area contributed by atoms with Gasteiger partial charge in [-0.1, -0.05) is 43.2 Å². The minimum atomic E-state index is -4.30. The number of amides is 1. The predicted molar refractivity (Wildman–Crippen MR) is 254 cm³/mol. The highest BCUT2D eigenvalue weighted by molar-refractivity contribution is 7.90. The van der Waals surface area contributed by atoms with Gasteiger partial charge in [0.25, 0.3) is 16.0 Å². The van der Waals surface area contributed by atoms with Crippen molar-refractivity contribution in [2.45, 2.75) is 93.4 Å². The molecule has 0 radical (unpaired) electrons. The number of carbonyl (C=O) groups excluding carboxylic acids is 1. The van der Waals surface area contributed by atoms with E-state index in [1.165, 1.54) is 30.4 Å². The van der Waals surface area contributed by atoms with Crippen molar-refractivity contribution >= 4 is 43.3 Å². The Hall–Kier alpha value is -2.80. The summed E-state index contributed by atoms with van der Waals surface area (Å²) < 4.78 is 78.1. The lowest BCUT2D eigenvalue weighted by Crippen LogP contribution is -2.61. The summed E-state index contributed by atoms with van der Waals surface area (Å²) in [6.07, 6.45) is 14.1. The average Bonchev–Trinajstić information content (AvgIpc) is 3.42. The van der Waals surface area contributed by atoms with Gasteiger partial charge in [-0.05, 0) is 124 Å². The first kappa shape index (κ1) is 48.6. The van der Waals surface area contributed by atoms with E-state index >= 15 is 0 Å². The summed E-state index contributed by atoms with van der Waals surface area (Å²) in [5.74, 6) is -0.105. The number of nitrogens with zero attached hydrogens (tertiary/aromatic N) is 3. The van der Waals surface area contributed by atoms with Gasteiger partial charge in [-0.3, -0.25) is 18.8 Å². The van der Waals surface area contributed by atoms with E-state index in [0.29, 0.717) is 31.4 Å². The van der Waals surface area contributed by atoms with E-state index in [1.807, 2.05) is 20.1 Å². The van der Waals surface area contributed by atoms with Gasteiger partial charge in [0, 0.05) is 81.5 Å². The van der Waals surface area contributed by atoms with E-state index in [0.717, 1.165) is 115 Å². The lowest BCUT2D eigenvalue weighted by molar-refractivity contribution is -0.100. The number of methoxy groups -OCH3 is 1. The molecule has 1 saturated carbocycles. The number of carbonyl (C=O) groups is 1. The molecule has 0 unspecified atom stereocenters. The molecule has 2 aliphatic carbocycles. The first-order valence-corrected chi connectivity index (χ1v) is 27.6. The largest absolute Gasteiger partial charge is 0.490 e. The average molecular weight is 961 g/mol. The standard InChI is InChI=1S/C44H61ClN4O8S2.C4H9NO/c1-31-8-6-19-44(55-2,29-47-21-22-48-20-5-4-10-36(48)27-47)38-14-11-34(38)26-49-28-43(18-7-9-32-24-35(45)13-15-37(32)43)30-56-40-16-12-33(25-39(40)49)42(50)46-59(53,54)41(31)17-23-57-58(3,51)52;1-3-6-4-2-5-1/h6,12-13,15-16,19,24-25,31,34,36,38,41H,4-5,7-11,14,17-18,20-23,26-30H2,1-3H3,(H,46,50);5H,1-4H2/b19-6+;/t31-,34-,36+,38+,41+,43-,44-;/m0./s1. The number of piperazine rings is 1. The topological polar surface area (TPSA) is 156 Å². The number of aryl methyl sites for hydroxylation is 1. The van der Waals surface area contributed by atoms with E-state index < -0.39 is 42.8 Å². The summed E-state index contributed by atoms with van der Waals surface area (Å²) in [5.41, 5.74) is 2.52. The zero-order valence-electron chi connectivity index (χ0n) is 38.5. The summed E-state index contributed by atoms with van der Waals surface area (Å²) in [7, 11) is -6.29. The maximum Gasteiger partial charge on any atom is 0.264 e. The number of piperidine rings is 1. The molecule has 5 aliphatic heterocycles. The Morgan fingerprint density at radius 1 is 1.00 bits per heavy atom. The molecule has 7 aliphatic rings. The zero-order chi connectivity index (χ0) is 45.8. The van der Waals surface area contributed by atoms with Crippen molar-refractivity contribution in [3.05, 3.63) is 70.3 Å². The van der Waals surface area contributed by atoms with Crippen molar-refractivity contribution in [2.75, 3.05) is 104 Å². The number of halogens is 1. The second-order valence-electron chi connectivity index (χ2n) is 19.6. The molecule has 360 valence electrons. The minimum Gasteiger partial charge on any atom is -0.490 e. The highest BCUT2D eigenvalue weighted by Crippen LogP contribution is 2.49. The molecule has 2 N–H and O–H groups in total. The minimum absolute atomic E-state index is 0.114. The van der Waals surface area contributed by atoms with Gasteiger partial charge in [0.15, 0.2) is 0 Å². The molecule has 1 spiro atoms. The molecule has 14 nitrogen and oxygen atoms in total. The molecule has 65 heavy (non-hydrogen) atoms. The number of benzene rings is 2. The van der Waals surface area contributed by atoms with Crippen molar-refractivity contribution in [1.29, 1.82) is 0 Å². The summed E-state index contributed by atoms with van der Waals surface area (Å²) in [5, 5.41) is 2.77. The molecular weight excluding hydrogens is 890 g/mol. The van der Waals surface area contributed by atoms with Crippen LogP contribution < -0.4 is 19.7 Å².